The summed E-state index contributed by atoms with van der Waals surface area (Å²) in [7, 11) is 0. The normalized spacial score (nSPS) is 11.7. The van der Waals surface area contributed by atoms with Gasteiger partial charge in [0.1, 0.15) is 23.9 Å². The maximum atomic E-state index is 13.5. The van der Waals surface area contributed by atoms with Crippen LogP contribution in [0.1, 0.15) is 28.4 Å². The van der Waals surface area contributed by atoms with E-state index in [-0.39, 0.29) is 17.4 Å². The standard InChI is InChI=1S/C38H32FN3O4S/c1-26(36(43)40-31-16-14-30(39)15-17-31)47-34-22-18-32(19-23-34)41-38(45)35(42-37(44)29-10-6-3-7-11-29)24-27-12-20-33(21-13-27)46-25-28-8-4-2-5-9-28/h2-24,26H,25H2,1H3,(H,40,43)(H,41,45)(H,42,44)/b35-24-. The lowest BCUT2D eigenvalue weighted by atomic mass is 10.1. The van der Waals surface area contributed by atoms with Crippen LogP contribution in [-0.2, 0) is 16.2 Å². The van der Waals surface area contributed by atoms with Crippen LogP contribution in [-0.4, -0.2) is 23.0 Å². The molecule has 0 radical (unpaired) electrons. The highest BCUT2D eigenvalue weighted by molar-refractivity contribution is 8.00. The molecular formula is C38H32FN3O4S. The van der Waals surface area contributed by atoms with Gasteiger partial charge in [0.25, 0.3) is 11.8 Å². The van der Waals surface area contributed by atoms with Crippen LogP contribution >= 0.6 is 11.8 Å². The Labute approximate surface area is 276 Å². The predicted molar refractivity (Wildman–Crippen MR) is 185 cm³/mol. The first kappa shape index (κ1) is 32.7. The number of nitrogens with one attached hydrogen (secondary N) is 3. The fourth-order valence-corrected chi connectivity index (χ4v) is 5.23. The van der Waals surface area contributed by atoms with Crippen LogP contribution in [0.15, 0.2) is 144 Å². The van der Waals surface area contributed by atoms with Crippen LogP contribution in [0.4, 0.5) is 15.8 Å². The van der Waals surface area contributed by atoms with Crippen molar-refractivity contribution in [3.8, 4) is 5.75 Å². The van der Waals surface area contributed by atoms with Crippen molar-refractivity contribution in [1.82, 2.24) is 5.32 Å². The number of thioether (sulfide) groups is 1. The summed E-state index contributed by atoms with van der Waals surface area (Å²) in [6.45, 7) is 2.20. The molecule has 1 unspecified atom stereocenters. The van der Waals surface area contributed by atoms with Crippen molar-refractivity contribution in [2.75, 3.05) is 10.6 Å². The number of halogens is 1. The van der Waals surface area contributed by atoms with E-state index in [1.807, 2.05) is 48.5 Å². The van der Waals surface area contributed by atoms with Gasteiger partial charge in [0.05, 0.1) is 5.25 Å². The number of amides is 3. The maximum absolute atomic E-state index is 13.5. The lowest BCUT2D eigenvalue weighted by Gasteiger charge is -2.14. The van der Waals surface area contributed by atoms with E-state index < -0.39 is 17.1 Å². The van der Waals surface area contributed by atoms with Gasteiger partial charge in [-0.05, 0) is 96.9 Å². The predicted octanol–water partition coefficient (Wildman–Crippen LogP) is 7.93. The van der Waals surface area contributed by atoms with Crippen LogP contribution < -0.4 is 20.7 Å². The molecule has 0 aliphatic carbocycles. The molecule has 7 nitrogen and oxygen atoms in total. The van der Waals surface area contributed by atoms with Crippen LogP contribution in [0.25, 0.3) is 6.08 Å². The second-order valence-electron chi connectivity index (χ2n) is 10.5. The van der Waals surface area contributed by atoms with Crippen molar-refractivity contribution in [2.45, 2.75) is 23.7 Å². The van der Waals surface area contributed by atoms with Gasteiger partial charge in [-0.25, -0.2) is 4.39 Å². The molecule has 5 aromatic carbocycles. The quantitative estimate of drug-likeness (QED) is 0.0946. The molecule has 9 heteroatoms. The first-order valence-electron chi connectivity index (χ1n) is 14.8. The van der Waals surface area contributed by atoms with E-state index in [1.54, 1.807) is 73.7 Å². The largest absolute Gasteiger partial charge is 0.489 e. The topological polar surface area (TPSA) is 96.5 Å². The van der Waals surface area contributed by atoms with Gasteiger partial charge < -0.3 is 20.7 Å². The van der Waals surface area contributed by atoms with E-state index in [0.29, 0.717) is 34.9 Å². The summed E-state index contributed by atoms with van der Waals surface area (Å²) in [5.41, 5.74) is 3.23. The first-order chi connectivity index (χ1) is 22.8. The molecule has 1 atom stereocenters. The Balaban J connectivity index is 1.24. The van der Waals surface area contributed by atoms with Gasteiger partial charge in [-0.15, -0.1) is 11.8 Å². The lowest BCUT2D eigenvalue weighted by Crippen LogP contribution is -2.30. The fraction of sp³-hybridized carbons (Fsp3) is 0.0789. The zero-order chi connectivity index (χ0) is 33.0. The van der Waals surface area contributed by atoms with Gasteiger partial charge in [0, 0.05) is 21.8 Å². The summed E-state index contributed by atoms with van der Waals surface area (Å²) in [5.74, 6) is -0.859. The Morgan fingerprint density at radius 1 is 0.745 bits per heavy atom. The molecule has 0 aliphatic heterocycles. The second-order valence-corrected chi connectivity index (χ2v) is 11.9. The minimum Gasteiger partial charge on any atom is -0.489 e. The third-order valence-electron chi connectivity index (χ3n) is 6.87. The summed E-state index contributed by atoms with van der Waals surface area (Å²) < 4.78 is 19.0. The van der Waals surface area contributed by atoms with Crippen LogP contribution in [0.3, 0.4) is 0 Å². The third kappa shape index (κ3) is 9.91. The Morgan fingerprint density at radius 2 is 1.34 bits per heavy atom. The van der Waals surface area contributed by atoms with E-state index in [9.17, 15) is 18.8 Å². The third-order valence-corrected chi connectivity index (χ3v) is 7.99. The molecule has 0 heterocycles. The zero-order valence-corrected chi connectivity index (χ0v) is 26.3. The van der Waals surface area contributed by atoms with Crippen molar-refractivity contribution in [2.24, 2.45) is 0 Å². The summed E-state index contributed by atoms with van der Waals surface area (Å²) in [4.78, 5) is 39.9. The molecule has 0 aromatic heterocycles. The average molecular weight is 646 g/mol. The van der Waals surface area contributed by atoms with Gasteiger partial charge in [0.15, 0.2) is 0 Å². The van der Waals surface area contributed by atoms with Gasteiger partial charge in [-0.2, -0.15) is 0 Å². The highest BCUT2D eigenvalue weighted by Crippen LogP contribution is 2.26. The molecule has 0 aliphatic rings. The Morgan fingerprint density at radius 3 is 2.00 bits per heavy atom. The van der Waals surface area contributed by atoms with Gasteiger partial charge in [0.2, 0.25) is 5.91 Å². The number of carbonyl (C=O) groups is 3. The lowest BCUT2D eigenvalue weighted by molar-refractivity contribution is -0.115. The van der Waals surface area contributed by atoms with Gasteiger partial charge >= 0.3 is 0 Å². The Hall–Kier alpha value is -5.67. The Bertz CT molecular complexity index is 1830. The molecule has 3 amide bonds. The smallest absolute Gasteiger partial charge is 0.272 e. The molecule has 0 spiro atoms. The summed E-state index contributed by atoms with van der Waals surface area (Å²) >= 11 is 1.34. The summed E-state index contributed by atoms with van der Waals surface area (Å²) in [6.07, 6.45) is 1.60. The SMILES string of the molecule is CC(Sc1ccc(NC(=O)/C(=C/c2ccc(OCc3ccccc3)cc2)NC(=O)c2ccccc2)cc1)C(=O)Nc1ccc(F)cc1. The van der Waals surface area contributed by atoms with Gasteiger partial charge in [-0.3, -0.25) is 14.4 Å². The molecule has 3 N–H and O–H groups in total. The average Bonchev–Trinajstić information content (AvgIpc) is 3.10. The number of rotatable bonds is 12. The second kappa shape index (κ2) is 16.1. The van der Waals surface area contributed by atoms with Crippen molar-refractivity contribution in [3.05, 3.63) is 162 Å². The summed E-state index contributed by atoms with van der Waals surface area (Å²) in [6, 6.07) is 38.3. The molecule has 47 heavy (non-hydrogen) atoms. The molecule has 5 rings (SSSR count). The van der Waals surface area contributed by atoms with Crippen LogP contribution in [0, 0.1) is 5.82 Å². The minimum absolute atomic E-state index is 0.0568. The number of benzene rings is 5. The molecule has 5 aromatic rings. The molecule has 0 saturated heterocycles. The number of hydrogen-bond acceptors (Lipinski definition) is 5. The summed E-state index contributed by atoms with van der Waals surface area (Å²) in [5, 5.41) is 7.93. The highest BCUT2D eigenvalue weighted by atomic mass is 32.2. The number of anilines is 2. The van der Waals surface area contributed by atoms with Crippen molar-refractivity contribution in [1.29, 1.82) is 0 Å². The van der Waals surface area contributed by atoms with E-state index in [0.717, 1.165) is 10.5 Å². The molecule has 0 bridgehead atoms. The van der Waals surface area contributed by atoms with Crippen LogP contribution in [0.2, 0.25) is 0 Å². The molecule has 0 saturated carbocycles. The highest BCUT2D eigenvalue weighted by Gasteiger charge is 2.17. The van der Waals surface area contributed by atoms with E-state index in [2.05, 4.69) is 16.0 Å². The van der Waals surface area contributed by atoms with E-state index in [1.165, 1.54) is 36.0 Å². The fourth-order valence-electron chi connectivity index (χ4n) is 4.36. The number of carbonyl (C=O) groups excluding carboxylic acids is 3. The van der Waals surface area contributed by atoms with Crippen molar-refractivity contribution >= 4 is 46.9 Å². The molecule has 236 valence electrons. The van der Waals surface area contributed by atoms with Crippen LogP contribution in [0.5, 0.6) is 5.75 Å². The molecular weight excluding hydrogens is 614 g/mol. The van der Waals surface area contributed by atoms with Crippen molar-refractivity contribution < 1.29 is 23.5 Å². The maximum Gasteiger partial charge on any atom is 0.272 e. The van der Waals surface area contributed by atoms with E-state index in [4.69, 9.17) is 4.74 Å². The first-order valence-corrected chi connectivity index (χ1v) is 15.7. The minimum atomic E-state index is -0.508. The molecule has 0 fully saturated rings. The Kier molecular flexibility index (Phi) is 11.2. The van der Waals surface area contributed by atoms with Crippen molar-refractivity contribution in [3.63, 3.8) is 0 Å². The van der Waals surface area contributed by atoms with Gasteiger partial charge in [-0.1, -0.05) is 60.7 Å². The van der Waals surface area contributed by atoms with E-state index >= 15 is 0 Å². The zero-order valence-electron chi connectivity index (χ0n) is 25.5. The monoisotopic (exact) mass is 645 g/mol. The number of hydrogen-bond donors (Lipinski definition) is 3. The number of ether oxygens (including phenoxy) is 1.